The smallest absolute Gasteiger partial charge is 0.269 e. The number of rotatable bonds is 5. The number of benzene rings is 2. The number of nitrogens with one attached hydrogen (secondary N) is 1. The molecule has 0 radical (unpaired) electrons. The molecule has 2 aromatic carbocycles. The van der Waals surface area contributed by atoms with Crippen molar-refractivity contribution in [2.75, 3.05) is 0 Å². The van der Waals surface area contributed by atoms with Crippen molar-refractivity contribution in [3.05, 3.63) is 74.8 Å². The summed E-state index contributed by atoms with van der Waals surface area (Å²) in [6.45, 7) is 4.09. The highest BCUT2D eigenvalue weighted by Crippen LogP contribution is 2.23. The maximum Gasteiger partial charge on any atom is 0.269 e. The highest BCUT2D eigenvalue weighted by Gasteiger charge is 2.13. The number of nitrogens with zero attached hydrogens (tertiary/aromatic N) is 1. The van der Waals surface area contributed by atoms with Gasteiger partial charge in [0.15, 0.2) is 0 Å². The van der Waals surface area contributed by atoms with Gasteiger partial charge in [-0.15, -0.1) is 0 Å². The van der Waals surface area contributed by atoms with Crippen molar-refractivity contribution in [2.45, 2.75) is 25.9 Å². The van der Waals surface area contributed by atoms with E-state index in [0.717, 1.165) is 11.1 Å². The fraction of sp³-hybridized carbons (Fsp3) is 0.250. The van der Waals surface area contributed by atoms with Crippen LogP contribution in [0.15, 0.2) is 48.5 Å². The van der Waals surface area contributed by atoms with Gasteiger partial charge in [0.25, 0.3) is 5.69 Å². The minimum Gasteiger partial charge on any atom is -0.304 e. The molecule has 0 amide bonds. The van der Waals surface area contributed by atoms with Crippen LogP contribution >= 0.6 is 11.6 Å². The van der Waals surface area contributed by atoms with Gasteiger partial charge in [0.05, 0.1) is 4.92 Å². The molecule has 110 valence electrons. The fourth-order valence-electron chi connectivity index (χ4n) is 2.23. The highest BCUT2D eigenvalue weighted by molar-refractivity contribution is 6.30. The Labute approximate surface area is 128 Å². The van der Waals surface area contributed by atoms with E-state index in [0.29, 0.717) is 5.02 Å². The van der Waals surface area contributed by atoms with E-state index in [1.807, 2.05) is 31.2 Å². The van der Waals surface area contributed by atoms with Crippen LogP contribution in [0, 0.1) is 10.1 Å². The standard InChI is InChI=1S/C16H17ClN2O2/c1-11(13-6-8-16(9-7-13)19(20)21)18-12(2)14-4-3-5-15(17)10-14/h3-12,18H,1-2H3/t11?,12-/m0/s1. The third kappa shape index (κ3) is 4.03. The summed E-state index contributed by atoms with van der Waals surface area (Å²) in [6, 6.07) is 14.5. The Kier molecular flexibility index (Phi) is 4.94. The van der Waals surface area contributed by atoms with Gasteiger partial charge in [-0.2, -0.15) is 0 Å². The molecule has 5 heteroatoms. The Morgan fingerprint density at radius 2 is 1.67 bits per heavy atom. The topological polar surface area (TPSA) is 55.2 Å². The van der Waals surface area contributed by atoms with Crippen molar-refractivity contribution < 1.29 is 4.92 Å². The van der Waals surface area contributed by atoms with Crippen LogP contribution in [0.1, 0.15) is 37.1 Å². The van der Waals surface area contributed by atoms with E-state index in [-0.39, 0.29) is 17.8 Å². The van der Waals surface area contributed by atoms with Crippen LogP contribution in [0.5, 0.6) is 0 Å². The zero-order valence-corrected chi connectivity index (χ0v) is 12.7. The summed E-state index contributed by atoms with van der Waals surface area (Å²) >= 11 is 6.00. The molecule has 2 rings (SSSR count). The second kappa shape index (κ2) is 6.70. The monoisotopic (exact) mass is 304 g/mol. The summed E-state index contributed by atoms with van der Waals surface area (Å²) < 4.78 is 0. The van der Waals surface area contributed by atoms with Crippen LogP contribution in [0.3, 0.4) is 0 Å². The lowest BCUT2D eigenvalue weighted by Gasteiger charge is -2.21. The summed E-state index contributed by atoms with van der Waals surface area (Å²) in [5.74, 6) is 0. The minimum absolute atomic E-state index is 0.0831. The molecule has 1 N–H and O–H groups in total. The van der Waals surface area contributed by atoms with Gasteiger partial charge in [-0.25, -0.2) is 0 Å². The summed E-state index contributed by atoms with van der Waals surface area (Å²) in [6.07, 6.45) is 0. The Bertz CT molecular complexity index is 628. The van der Waals surface area contributed by atoms with Gasteiger partial charge < -0.3 is 5.32 Å². The lowest BCUT2D eigenvalue weighted by Crippen LogP contribution is -2.22. The van der Waals surface area contributed by atoms with Gasteiger partial charge in [-0.05, 0) is 37.1 Å². The van der Waals surface area contributed by atoms with E-state index in [4.69, 9.17) is 11.6 Å². The molecule has 0 aromatic heterocycles. The van der Waals surface area contributed by atoms with Crippen molar-refractivity contribution in [3.63, 3.8) is 0 Å². The van der Waals surface area contributed by atoms with Crippen LogP contribution in [-0.4, -0.2) is 4.92 Å². The van der Waals surface area contributed by atoms with Gasteiger partial charge in [0, 0.05) is 29.2 Å². The maximum absolute atomic E-state index is 10.7. The summed E-state index contributed by atoms with van der Waals surface area (Å²) in [4.78, 5) is 10.3. The Morgan fingerprint density at radius 3 is 2.24 bits per heavy atom. The first kappa shape index (κ1) is 15.5. The Hall–Kier alpha value is -1.91. The first-order chi connectivity index (χ1) is 9.97. The van der Waals surface area contributed by atoms with Crippen molar-refractivity contribution >= 4 is 17.3 Å². The first-order valence-electron chi connectivity index (χ1n) is 6.73. The number of hydrogen-bond acceptors (Lipinski definition) is 3. The van der Waals surface area contributed by atoms with E-state index >= 15 is 0 Å². The lowest BCUT2D eigenvalue weighted by atomic mass is 10.0. The number of nitro groups is 1. The van der Waals surface area contributed by atoms with Crippen molar-refractivity contribution in [2.24, 2.45) is 0 Å². The first-order valence-corrected chi connectivity index (χ1v) is 7.11. The third-order valence-electron chi connectivity index (χ3n) is 3.45. The normalized spacial score (nSPS) is 13.7. The molecule has 0 aliphatic rings. The van der Waals surface area contributed by atoms with Gasteiger partial charge in [-0.3, -0.25) is 10.1 Å². The molecule has 21 heavy (non-hydrogen) atoms. The fourth-order valence-corrected chi connectivity index (χ4v) is 2.43. The third-order valence-corrected chi connectivity index (χ3v) is 3.69. The largest absolute Gasteiger partial charge is 0.304 e. The van der Waals surface area contributed by atoms with Crippen LogP contribution in [0.4, 0.5) is 5.69 Å². The maximum atomic E-state index is 10.7. The second-order valence-electron chi connectivity index (χ2n) is 5.01. The average Bonchev–Trinajstić information content (AvgIpc) is 2.47. The summed E-state index contributed by atoms with van der Waals surface area (Å²) in [5, 5.41) is 14.8. The number of non-ortho nitro benzene ring substituents is 1. The van der Waals surface area contributed by atoms with E-state index in [9.17, 15) is 10.1 Å². The number of halogens is 1. The molecule has 0 heterocycles. The zero-order valence-electron chi connectivity index (χ0n) is 11.9. The molecule has 0 saturated carbocycles. The Morgan fingerprint density at radius 1 is 1.05 bits per heavy atom. The molecule has 2 aromatic rings. The summed E-state index contributed by atoms with van der Waals surface area (Å²) in [7, 11) is 0. The molecule has 0 spiro atoms. The molecular weight excluding hydrogens is 288 g/mol. The predicted molar refractivity (Wildman–Crippen MR) is 84.5 cm³/mol. The molecule has 0 aliphatic heterocycles. The lowest BCUT2D eigenvalue weighted by molar-refractivity contribution is -0.384. The molecule has 0 aliphatic carbocycles. The van der Waals surface area contributed by atoms with Crippen LogP contribution < -0.4 is 5.32 Å². The molecule has 2 atom stereocenters. The van der Waals surface area contributed by atoms with Crippen LogP contribution in [0.2, 0.25) is 5.02 Å². The predicted octanol–water partition coefficient (Wildman–Crippen LogP) is 4.66. The van der Waals surface area contributed by atoms with E-state index in [2.05, 4.69) is 12.2 Å². The van der Waals surface area contributed by atoms with Crippen LogP contribution in [-0.2, 0) is 0 Å². The molecule has 0 bridgehead atoms. The SMILES string of the molecule is CC(N[C@@H](C)c1cccc(Cl)c1)c1ccc([N+](=O)[O-])cc1. The van der Waals surface area contributed by atoms with Gasteiger partial charge in [0.2, 0.25) is 0 Å². The minimum atomic E-state index is -0.392. The molecule has 0 saturated heterocycles. The quantitative estimate of drug-likeness (QED) is 0.645. The highest BCUT2D eigenvalue weighted by atomic mass is 35.5. The van der Waals surface area contributed by atoms with E-state index in [1.54, 1.807) is 12.1 Å². The number of nitro benzene ring substituents is 1. The molecule has 0 fully saturated rings. The second-order valence-corrected chi connectivity index (χ2v) is 5.45. The average molecular weight is 305 g/mol. The van der Waals surface area contributed by atoms with Crippen molar-refractivity contribution in [1.82, 2.24) is 5.32 Å². The van der Waals surface area contributed by atoms with Gasteiger partial charge >= 0.3 is 0 Å². The summed E-state index contributed by atoms with van der Waals surface area (Å²) in [5.41, 5.74) is 2.22. The van der Waals surface area contributed by atoms with Gasteiger partial charge in [-0.1, -0.05) is 35.9 Å². The molecule has 4 nitrogen and oxygen atoms in total. The van der Waals surface area contributed by atoms with E-state index < -0.39 is 4.92 Å². The van der Waals surface area contributed by atoms with Crippen LogP contribution in [0.25, 0.3) is 0 Å². The van der Waals surface area contributed by atoms with E-state index in [1.165, 1.54) is 12.1 Å². The van der Waals surface area contributed by atoms with Crippen molar-refractivity contribution in [3.8, 4) is 0 Å². The number of hydrogen-bond donors (Lipinski definition) is 1. The van der Waals surface area contributed by atoms with Crippen molar-refractivity contribution in [1.29, 1.82) is 0 Å². The molecular formula is C16H17ClN2O2. The zero-order chi connectivity index (χ0) is 15.4. The van der Waals surface area contributed by atoms with Gasteiger partial charge in [0.1, 0.15) is 0 Å². The Balaban J connectivity index is 2.06. The molecule has 1 unspecified atom stereocenters.